The molecule has 0 heterocycles. The Bertz CT molecular complexity index is 604. The molecule has 1 amide bonds. The van der Waals surface area contributed by atoms with Gasteiger partial charge in [0.25, 0.3) is 5.91 Å². The smallest absolute Gasteiger partial charge is 0.335 e. The van der Waals surface area contributed by atoms with Crippen LogP contribution in [0.25, 0.3) is 0 Å². The van der Waals surface area contributed by atoms with Crippen LogP contribution in [0.15, 0.2) is 48.5 Å². The molecule has 0 saturated heterocycles. The number of amides is 1. The Balaban J connectivity index is 2.11. The summed E-state index contributed by atoms with van der Waals surface area (Å²) in [6, 6.07) is 12.5. The van der Waals surface area contributed by atoms with Crippen LogP contribution in [0.2, 0.25) is 0 Å². The minimum atomic E-state index is -1.02. The van der Waals surface area contributed by atoms with E-state index in [1.54, 1.807) is 24.3 Å². The van der Waals surface area contributed by atoms with Crippen molar-refractivity contribution in [1.29, 1.82) is 0 Å². The molecule has 2 aromatic rings. The molecule has 5 nitrogen and oxygen atoms in total. The van der Waals surface area contributed by atoms with Crippen molar-refractivity contribution in [2.75, 3.05) is 11.1 Å². The van der Waals surface area contributed by atoms with Gasteiger partial charge in [-0.05, 0) is 48.5 Å². The molecule has 0 saturated carbocycles. The van der Waals surface area contributed by atoms with Gasteiger partial charge in [0, 0.05) is 16.9 Å². The summed E-state index contributed by atoms with van der Waals surface area (Å²) < 4.78 is 0. The number of nitrogens with two attached hydrogens (primary N) is 1. The van der Waals surface area contributed by atoms with Gasteiger partial charge in [0.15, 0.2) is 0 Å². The van der Waals surface area contributed by atoms with Gasteiger partial charge < -0.3 is 16.2 Å². The van der Waals surface area contributed by atoms with Crippen LogP contribution < -0.4 is 11.1 Å². The lowest BCUT2D eigenvalue weighted by Crippen LogP contribution is -2.12. The molecule has 0 atom stereocenters. The molecule has 0 aliphatic rings. The number of hydrogen-bond donors (Lipinski definition) is 3. The molecule has 5 heteroatoms. The number of aromatic carboxylic acids is 1. The van der Waals surface area contributed by atoms with Crippen LogP contribution in [-0.2, 0) is 0 Å². The molecule has 96 valence electrons. The Morgan fingerprint density at radius 2 is 1.42 bits per heavy atom. The summed E-state index contributed by atoms with van der Waals surface area (Å²) in [5.41, 5.74) is 7.32. The Morgan fingerprint density at radius 3 is 1.95 bits per heavy atom. The monoisotopic (exact) mass is 256 g/mol. The summed E-state index contributed by atoms with van der Waals surface area (Å²) in [5.74, 6) is -1.33. The third-order valence-corrected chi connectivity index (χ3v) is 2.56. The van der Waals surface area contributed by atoms with Crippen LogP contribution in [0.1, 0.15) is 20.7 Å². The van der Waals surface area contributed by atoms with Crippen molar-refractivity contribution in [3.8, 4) is 0 Å². The number of anilines is 2. The number of hydrogen-bond acceptors (Lipinski definition) is 3. The number of carbonyl (C=O) groups excluding carboxylic acids is 1. The first kappa shape index (κ1) is 12.6. The summed E-state index contributed by atoms with van der Waals surface area (Å²) in [7, 11) is 0. The Kier molecular flexibility index (Phi) is 3.47. The maximum absolute atomic E-state index is 11.9. The molecular weight excluding hydrogens is 244 g/mol. The first-order valence-corrected chi connectivity index (χ1v) is 5.56. The second kappa shape index (κ2) is 5.22. The van der Waals surface area contributed by atoms with Gasteiger partial charge in [0.2, 0.25) is 0 Å². The number of nitrogen functional groups attached to an aromatic ring is 1. The van der Waals surface area contributed by atoms with Crippen LogP contribution in [0, 0.1) is 0 Å². The molecule has 2 rings (SSSR count). The highest BCUT2D eigenvalue weighted by atomic mass is 16.4. The second-order valence-corrected chi connectivity index (χ2v) is 3.96. The standard InChI is InChI=1S/C14H12N2O3/c15-11-5-7-12(8-6-11)16-13(17)9-1-3-10(4-2-9)14(18)19/h1-8H,15H2,(H,16,17)(H,18,19). The first-order chi connectivity index (χ1) is 9.06. The third-order valence-electron chi connectivity index (χ3n) is 2.56. The molecule has 0 unspecified atom stereocenters. The lowest BCUT2D eigenvalue weighted by molar-refractivity contribution is 0.0696. The van der Waals surface area contributed by atoms with Crippen molar-refractivity contribution in [2.45, 2.75) is 0 Å². The summed E-state index contributed by atoms with van der Waals surface area (Å²) in [6.45, 7) is 0. The number of nitrogens with one attached hydrogen (secondary N) is 1. The lowest BCUT2D eigenvalue weighted by atomic mass is 10.1. The maximum Gasteiger partial charge on any atom is 0.335 e. The van der Waals surface area contributed by atoms with E-state index < -0.39 is 5.97 Å². The van der Waals surface area contributed by atoms with Gasteiger partial charge >= 0.3 is 5.97 Å². The number of carboxylic acid groups (broad SMARTS) is 1. The van der Waals surface area contributed by atoms with Gasteiger partial charge in [-0.15, -0.1) is 0 Å². The van der Waals surface area contributed by atoms with Crippen molar-refractivity contribution in [3.05, 3.63) is 59.7 Å². The number of benzene rings is 2. The Morgan fingerprint density at radius 1 is 0.895 bits per heavy atom. The number of carboxylic acids is 1. The highest BCUT2D eigenvalue weighted by molar-refractivity contribution is 6.04. The van der Waals surface area contributed by atoms with E-state index in [1.165, 1.54) is 24.3 Å². The van der Waals surface area contributed by atoms with Crippen LogP contribution in [0.4, 0.5) is 11.4 Å². The lowest BCUT2D eigenvalue weighted by Gasteiger charge is -2.05. The zero-order chi connectivity index (χ0) is 13.8. The molecule has 4 N–H and O–H groups in total. The van der Waals surface area contributed by atoms with E-state index in [4.69, 9.17) is 10.8 Å². The summed E-state index contributed by atoms with van der Waals surface area (Å²) in [6.07, 6.45) is 0. The summed E-state index contributed by atoms with van der Waals surface area (Å²) in [4.78, 5) is 22.6. The highest BCUT2D eigenvalue weighted by Gasteiger charge is 2.08. The maximum atomic E-state index is 11.9. The van der Waals surface area contributed by atoms with Crippen molar-refractivity contribution in [2.24, 2.45) is 0 Å². The molecule has 0 bridgehead atoms. The fourth-order valence-electron chi connectivity index (χ4n) is 1.53. The van der Waals surface area contributed by atoms with Gasteiger partial charge in [-0.2, -0.15) is 0 Å². The van der Waals surface area contributed by atoms with Crippen LogP contribution in [0.5, 0.6) is 0 Å². The first-order valence-electron chi connectivity index (χ1n) is 5.56. The largest absolute Gasteiger partial charge is 0.478 e. The van der Waals surface area contributed by atoms with Gasteiger partial charge in [0.05, 0.1) is 5.56 Å². The van der Waals surface area contributed by atoms with Crippen molar-refractivity contribution >= 4 is 23.3 Å². The molecule has 0 radical (unpaired) electrons. The predicted molar refractivity (Wildman–Crippen MR) is 72.2 cm³/mol. The minimum Gasteiger partial charge on any atom is -0.478 e. The van der Waals surface area contributed by atoms with Crippen molar-refractivity contribution in [3.63, 3.8) is 0 Å². The average Bonchev–Trinajstić information content (AvgIpc) is 2.41. The molecular formula is C14H12N2O3. The molecule has 0 spiro atoms. The van der Waals surface area contributed by atoms with E-state index in [0.29, 0.717) is 16.9 Å². The zero-order valence-corrected chi connectivity index (χ0v) is 9.96. The van der Waals surface area contributed by atoms with Crippen molar-refractivity contribution in [1.82, 2.24) is 0 Å². The second-order valence-electron chi connectivity index (χ2n) is 3.96. The van der Waals surface area contributed by atoms with E-state index in [2.05, 4.69) is 5.32 Å². The van der Waals surface area contributed by atoms with E-state index in [-0.39, 0.29) is 11.5 Å². The molecule has 0 aliphatic carbocycles. The normalized spacial score (nSPS) is 9.89. The van der Waals surface area contributed by atoms with Crippen LogP contribution in [-0.4, -0.2) is 17.0 Å². The van der Waals surface area contributed by atoms with Gasteiger partial charge in [-0.1, -0.05) is 0 Å². The molecule has 0 aliphatic heterocycles. The van der Waals surface area contributed by atoms with E-state index in [1.807, 2.05) is 0 Å². The molecule has 0 aromatic heterocycles. The van der Waals surface area contributed by atoms with Gasteiger partial charge in [-0.3, -0.25) is 4.79 Å². The topological polar surface area (TPSA) is 92.4 Å². The fraction of sp³-hybridized carbons (Fsp3) is 0. The predicted octanol–water partition coefficient (Wildman–Crippen LogP) is 2.22. The quantitative estimate of drug-likeness (QED) is 0.734. The van der Waals surface area contributed by atoms with E-state index in [9.17, 15) is 9.59 Å². The zero-order valence-electron chi connectivity index (χ0n) is 9.96. The van der Waals surface area contributed by atoms with E-state index >= 15 is 0 Å². The summed E-state index contributed by atoms with van der Waals surface area (Å²) >= 11 is 0. The van der Waals surface area contributed by atoms with Crippen LogP contribution in [0.3, 0.4) is 0 Å². The summed E-state index contributed by atoms with van der Waals surface area (Å²) in [5, 5.41) is 11.5. The Hall–Kier alpha value is -2.82. The van der Waals surface area contributed by atoms with Crippen molar-refractivity contribution < 1.29 is 14.7 Å². The highest BCUT2D eigenvalue weighted by Crippen LogP contribution is 2.12. The molecule has 2 aromatic carbocycles. The number of rotatable bonds is 3. The molecule has 0 fully saturated rings. The van der Waals surface area contributed by atoms with Gasteiger partial charge in [0.1, 0.15) is 0 Å². The van der Waals surface area contributed by atoms with Crippen LogP contribution >= 0.6 is 0 Å². The average molecular weight is 256 g/mol. The van der Waals surface area contributed by atoms with Gasteiger partial charge in [-0.25, -0.2) is 4.79 Å². The minimum absolute atomic E-state index is 0.143. The SMILES string of the molecule is Nc1ccc(NC(=O)c2ccc(C(=O)O)cc2)cc1. The third kappa shape index (κ3) is 3.10. The Labute approximate surface area is 109 Å². The fourth-order valence-corrected chi connectivity index (χ4v) is 1.53. The molecule has 19 heavy (non-hydrogen) atoms. The van der Waals surface area contributed by atoms with E-state index in [0.717, 1.165) is 0 Å². The number of carbonyl (C=O) groups is 2.